The Bertz CT molecular complexity index is 171. The summed E-state index contributed by atoms with van der Waals surface area (Å²) < 4.78 is 0. The van der Waals surface area contributed by atoms with Gasteiger partial charge in [0.25, 0.3) is 0 Å². The average molecular weight is 212 g/mol. The molecule has 0 aromatic carbocycles. The van der Waals surface area contributed by atoms with Crippen LogP contribution in [0.3, 0.4) is 0 Å². The van der Waals surface area contributed by atoms with Crippen LogP contribution in [0, 0.1) is 0 Å². The highest BCUT2D eigenvalue weighted by molar-refractivity contribution is 4.73. The monoisotopic (exact) mass is 212 g/mol. The van der Waals surface area contributed by atoms with Crippen LogP contribution in [0.4, 0.5) is 0 Å². The molecule has 2 fully saturated rings. The van der Waals surface area contributed by atoms with Crippen LogP contribution >= 0.6 is 0 Å². The quantitative estimate of drug-likeness (QED) is 0.657. The van der Waals surface area contributed by atoms with Gasteiger partial charge in [-0.15, -0.1) is 0 Å². The molecule has 2 heterocycles. The first-order valence-corrected chi connectivity index (χ1v) is 6.18. The Morgan fingerprint density at radius 3 is 1.93 bits per heavy atom. The van der Waals surface area contributed by atoms with Crippen LogP contribution in [0.15, 0.2) is 0 Å². The Morgan fingerprint density at radius 1 is 0.800 bits per heavy atom. The van der Waals surface area contributed by atoms with Crippen LogP contribution < -0.4 is 5.32 Å². The summed E-state index contributed by atoms with van der Waals surface area (Å²) in [6.07, 6.45) is 0. The summed E-state index contributed by atoms with van der Waals surface area (Å²) in [6, 6.07) is 0. The summed E-state index contributed by atoms with van der Waals surface area (Å²) in [5, 5.41) is 3.40. The molecule has 4 nitrogen and oxygen atoms in total. The summed E-state index contributed by atoms with van der Waals surface area (Å²) in [5.41, 5.74) is 0. The van der Waals surface area contributed by atoms with Crippen molar-refractivity contribution in [2.45, 2.75) is 0 Å². The van der Waals surface area contributed by atoms with Gasteiger partial charge in [-0.2, -0.15) is 0 Å². The number of hydrogen-bond acceptors (Lipinski definition) is 4. The van der Waals surface area contributed by atoms with Crippen molar-refractivity contribution in [2.24, 2.45) is 0 Å². The Kier molecular flexibility index (Phi) is 4.38. The summed E-state index contributed by atoms with van der Waals surface area (Å²) >= 11 is 0. The molecule has 2 aliphatic rings. The number of nitrogens with one attached hydrogen (secondary N) is 1. The second kappa shape index (κ2) is 5.80. The van der Waals surface area contributed by atoms with E-state index in [1.54, 1.807) is 0 Å². The van der Waals surface area contributed by atoms with Gasteiger partial charge < -0.3 is 10.2 Å². The Labute approximate surface area is 93.2 Å². The van der Waals surface area contributed by atoms with Crippen LogP contribution in [-0.2, 0) is 0 Å². The van der Waals surface area contributed by atoms with E-state index < -0.39 is 0 Å². The molecule has 2 aliphatic heterocycles. The molecule has 0 unspecified atom stereocenters. The second-order valence-corrected chi connectivity index (χ2v) is 4.74. The normalized spacial score (nSPS) is 27.0. The van der Waals surface area contributed by atoms with Crippen molar-refractivity contribution < 1.29 is 0 Å². The zero-order chi connectivity index (χ0) is 10.5. The summed E-state index contributed by atoms with van der Waals surface area (Å²) in [6.45, 7) is 12.3. The number of piperazine rings is 2. The predicted octanol–water partition coefficient (Wildman–Crippen LogP) is -0.861. The van der Waals surface area contributed by atoms with Crippen LogP contribution in [0.2, 0.25) is 0 Å². The second-order valence-electron chi connectivity index (χ2n) is 4.74. The molecule has 0 atom stereocenters. The SMILES string of the molecule is CN1CCN(CCN2CCNCC2)CC1. The Morgan fingerprint density at radius 2 is 1.33 bits per heavy atom. The molecule has 0 aromatic rings. The topological polar surface area (TPSA) is 21.8 Å². The molecule has 15 heavy (non-hydrogen) atoms. The number of rotatable bonds is 3. The van der Waals surface area contributed by atoms with Gasteiger partial charge in [-0.05, 0) is 7.05 Å². The fraction of sp³-hybridized carbons (Fsp3) is 1.00. The third-order valence-corrected chi connectivity index (χ3v) is 3.54. The van der Waals surface area contributed by atoms with Crippen molar-refractivity contribution in [1.29, 1.82) is 0 Å². The van der Waals surface area contributed by atoms with E-state index in [0.29, 0.717) is 0 Å². The minimum Gasteiger partial charge on any atom is -0.314 e. The molecule has 0 aromatic heterocycles. The summed E-state index contributed by atoms with van der Waals surface area (Å²) in [7, 11) is 2.22. The third kappa shape index (κ3) is 3.72. The maximum atomic E-state index is 3.40. The third-order valence-electron chi connectivity index (χ3n) is 3.54. The van der Waals surface area contributed by atoms with Gasteiger partial charge in [-0.25, -0.2) is 0 Å². The van der Waals surface area contributed by atoms with Gasteiger partial charge >= 0.3 is 0 Å². The zero-order valence-corrected chi connectivity index (χ0v) is 9.91. The molecule has 0 aliphatic carbocycles. The van der Waals surface area contributed by atoms with Gasteiger partial charge in [-0.3, -0.25) is 9.80 Å². The molecular weight excluding hydrogens is 188 g/mol. The van der Waals surface area contributed by atoms with Gasteiger partial charge in [0, 0.05) is 65.4 Å². The fourth-order valence-corrected chi connectivity index (χ4v) is 2.29. The number of likely N-dealkylation sites (N-methyl/N-ethyl adjacent to an activating group) is 1. The Balaban J connectivity index is 1.60. The summed E-state index contributed by atoms with van der Waals surface area (Å²) in [5.74, 6) is 0. The number of hydrogen-bond donors (Lipinski definition) is 1. The smallest absolute Gasteiger partial charge is 0.0110 e. The first-order valence-electron chi connectivity index (χ1n) is 6.18. The van der Waals surface area contributed by atoms with Crippen molar-refractivity contribution in [3.8, 4) is 0 Å². The first kappa shape index (κ1) is 11.3. The van der Waals surface area contributed by atoms with Crippen molar-refractivity contribution in [1.82, 2.24) is 20.0 Å². The lowest BCUT2D eigenvalue weighted by molar-refractivity contribution is 0.131. The van der Waals surface area contributed by atoms with Crippen LogP contribution in [0.5, 0.6) is 0 Å². The molecule has 0 bridgehead atoms. The van der Waals surface area contributed by atoms with E-state index in [1.165, 1.54) is 65.4 Å². The van der Waals surface area contributed by atoms with Gasteiger partial charge in [-0.1, -0.05) is 0 Å². The van der Waals surface area contributed by atoms with E-state index in [0.717, 1.165) is 0 Å². The predicted molar refractivity (Wildman–Crippen MR) is 63.2 cm³/mol. The lowest BCUT2D eigenvalue weighted by atomic mass is 10.3. The van der Waals surface area contributed by atoms with Crippen LogP contribution in [0.25, 0.3) is 0 Å². The molecule has 0 saturated carbocycles. The molecule has 0 amide bonds. The molecule has 4 heteroatoms. The standard InChI is InChI=1S/C11H24N4/c1-13-6-8-15(9-7-13)11-10-14-4-2-12-3-5-14/h12H,2-11H2,1H3. The minimum absolute atomic E-state index is 1.17. The molecule has 0 spiro atoms. The molecule has 1 N–H and O–H groups in total. The van der Waals surface area contributed by atoms with Crippen molar-refractivity contribution >= 4 is 0 Å². The van der Waals surface area contributed by atoms with E-state index in [9.17, 15) is 0 Å². The lowest BCUT2D eigenvalue weighted by Crippen LogP contribution is -2.49. The molecule has 2 saturated heterocycles. The van der Waals surface area contributed by atoms with Crippen molar-refractivity contribution in [3.05, 3.63) is 0 Å². The highest BCUT2D eigenvalue weighted by Crippen LogP contribution is 2.00. The van der Waals surface area contributed by atoms with Crippen molar-refractivity contribution in [2.75, 3.05) is 72.5 Å². The lowest BCUT2D eigenvalue weighted by Gasteiger charge is -2.34. The van der Waals surface area contributed by atoms with E-state index >= 15 is 0 Å². The molecule has 0 radical (unpaired) electrons. The highest BCUT2D eigenvalue weighted by atomic mass is 15.3. The van der Waals surface area contributed by atoms with Crippen molar-refractivity contribution in [3.63, 3.8) is 0 Å². The van der Waals surface area contributed by atoms with Gasteiger partial charge in [0.15, 0.2) is 0 Å². The van der Waals surface area contributed by atoms with Gasteiger partial charge in [0.05, 0.1) is 0 Å². The fourth-order valence-electron chi connectivity index (χ4n) is 2.29. The Hall–Kier alpha value is -0.160. The van der Waals surface area contributed by atoms with Crippen LogP contribution in [0.1, 0.15) is 0 Å². The minimum atomic E-state index is 1.17. The highest BCUT2D eigenvalue weighted by Gasteiger charge is 2.15. The first-order chi connectivity index (χ1) is 7.34. The molecular formula is C11H24N4. The maximum Gasteiger partial charge on any atom is 0.0110 e. The zero-order valence-electron chi connectivity index (χ0n) is 9.91. The van der Waals surface area contributed by atoms with Gasteiger partial charge in [0.2, 0.25) is 0 Å². The van der Waals surface area contributed by atoms with E-state index in [-0.39, 0.29) is 0 Å². The summed E-state index contributed by atoms with van der Waals surface area (Å²) in [4.78, 5) is 7.60. The van der Waals surface area contributed by atoms with E-state index in [4.69, 9.17) is 0 Å². The maximum absolute atomic E-state index is 3.40. The van der Waals surface area contributed by atoms with Gasteiger partial charge in [0.1, 0.15) is 0 Å². The number of nitrogens with zero attached hydrogens (tertiary/aromatic N) is 3. The largest absolute Gasteiger partial charge is 0.314 e. The molecule has 2 rings (SSSR count). The average Bonchev–Trinajstić information content (AvgIpc) is 2.30. The van der Waals surface area contributed by atoms with Crippen LogP contribution in [-0.4, -0.2) is 87.2 Å². The van der Waals surface area contributed by atoms with E-state index in [1.807, 2.05) is 0 Å². The molecule has 88 valence electrons. The van der Waals surface area contributed by atoms with E-state index in [2.05, 4.69) is 27.1 Å².